The van der Waals surface area contributed by atoms with E-state index in [0.29, 0.717) is 23.6 Å². The third-order valence-electron chi connectivity index (χ3n) is 2.63. The van der Waals surface area contributed by atoms with Gasteiger partial charge in [-0.1, -0.05) is 5.16 Å². The zero-order chi connectivity index (χ0) is 13.8. The Morgan fingerprint density at radius 2 is 2.32 bits per heavy atom. The summed E-state index contributed by atoms with van der Waals surface area (Å²) in [6.45, 7) is 1.89. The number of aromatic nitrogens is 2. The lowest BCUT2D eigenvalue weighted by atomic mass is 10.1. The predicted molar refractivity (Wildman–Crippen MR) is 67.9 cm³/mol. The maximum Gasteiger partial charge on any atom is 0.129 e. The molecule has 100 valence electrons. The van der Waals surface area contributed by atoms with Crippen LogP contribution < -0.4 is 4.74 Å². The molecule has 6 heteroatoms. The highest BCUT2D eigenvalue weighted by Crippen LogP contribution is 2.21. The number of ether oxygens (including phenoxy) is 1. The number of oxime groups is 1. The van der Waals surface area contributed by atoms with Crippen LogP contribution in [0.1, 0.15) is 18.1 Å². The summed E-state index contributed by atoms with van der Waals surface area (Å²) in [6, 6.07) is 4.08. The highest BCUT2D eigenvalue weighted by molar-refractivity contribution is 6.00. The average Bonchev–Trinajstić information content (AvgIpc) is 2.82. The van der Waals surface area contributed by atoms with Gasteiger partial charge in [-0.25, -0.2) is 4.39 Å². The summed E-state index contributed by atoms with van der Waals surface area (Å²) < 4.78 is 20.5. The van der Waals surface area contributed by atoms with Gasteiger partial charge in [0, 0.05) is 24.4 Å². The molecule has 0 amide bonds. The fourth-order valence-corrected chi connectivity index (χ4v) is 1.67. The molecule has 1 N–H and O–H groups in total. The van der Waals surface area contributed by atoms with Crippen LogP contribution >= 0.6 is 0 Å². The number of hydrogen-bond donors (Lipinski definition) is 1. The van der Waals surface area contributed by atoms with Gasteiger partial charge in [-0.3, -0.25) is 4.68 Å². The van der Waals surface area contributed by atoms with Crippen LogP contribution in [-0.2, 0) is 13.7 Å². The van der Waals surface area contributed by atoms with Crippen molar-refractivity contribution in [3.05, 3.63) is 47.5 Å². The quantitative estimate of drug-likeness (QED) is 0.523. The van der Waals surface area contributed by atoms with Crippen molar-refractivity contribution in [2.24, 2.45) is 12.2 Å². The Labute approximate surface area is 109 Å². The van der Waals surface area contributed by atoms with Gasteiger partial charge in [0.15, 0.2) is 0 Å². The lowest BCUT2D eigenvalue weighted by Crippen LogP contribution is -2.03. The van der Waals surface area contributed by atoms with Crippen molar-refractivity contribution < 1.29 is 14.3 Å². The number of aryl methyl sites for hydroxylation is 1. The number of nitrogens with zero attached hydrogens (tertiary/aromatic N) is 3. The molecule has 1 aromatic carbocycles. The molecule has 0 bridgehead atoms. The van der Waals surface area contributed by atoms with Crippen LogP contribution in [0.2, 0.25) is 0 Å². The molecule has 0 spiro atoms. The number of rotatable bonds is 4. The first-order valence-corrected chi connectivity index (χ1v) is 5.69. The topological polar surface area (TPSA) is 59.6 Å². The van der Waals surface area contributed by atoms with Crippen molar-refractivity contribution in [3.8, 4) is 5.75 Å². The lowest BCUT2D eigenvalue weighted by Gasteiger charge is -2.10. The summed E-state index contributed by atoms with van der Waals surface area (Å²) in [5.74, 6) is 0.0484. The molecule has 2 rings (SSSR count). The van der Waals surface area contributed by atoms with E-state index in [4.69, 9.17) is 9.94 Å². The second kappa shape index (κ2) is 5.51. The molecule has 0 radical (unpaired) electrons. The van der Waals surface area contributed by atoms with Crippen LogP contribution in [0.5, 0.6) is 5.75 Å². The van der Waals surface area contributed by atoms with Crippen molar-refractivity contribution in [2.75, 3.05) is 0 Å². The zero-order valence-electron chi connectivity index (χ0n) is 10.7. The van der Waals surface area contributed by atoms with Crippen LogP contribution in [0.4, 0.5) is 4.39 Å². The number of halogens is 1. The molecule has 0 aliphatic rings. The monoisotopic (exact) mass is 263 g/mol. The van der Waals surface area contributed by atoms with Gasteiger partial charge < -0.3 is 9.94 Å². The maximum atomic E-state index is 13.2. The largest absolute Gasteiger partial charge is 0.488 e. The van der Waals surface area contributed by atoms with Crippen molar-refractivity contribution in [1.29, 1.82) is 0 Å². The Morgan fingerprint density at radius 3 is 2.95 bits per heavy atom. The number of benzene rings is 1. The van der Waals surface area contributed by atoms with E-state index in [0.717, 1.165) is 5.56 Å². The third-order valence-corrected chi connectivity index (χ3v) is 2.63. The summed E-state index contributed by atoms with van der Waals surface area (Å²) in [7, 11) is 1.81. The van der Waals surface area contributed by atoms with Crippen molar-refractivity contribution in [2.45, 2.75) is 13.5 Å². The Hall–Kier alpha value is -2.37. The van der Waals surface area contributed by atoms with E-state index in [1.54, 1.807) is 17.8 Å². The normalized spacial score (nSPS) is 11.6. The molecule has 0 aliphatic heterocycles. The molecule has 19 heavy (non-hydrogen) atoms. The molecule has 0 saturated heterocycles. The molecule has 0 saturated carbocycles. The minimum atomic E-state index is -0.410. The second-order valence-corrected chi connectivity index (χ2v) is 4.14. The Bertz CT molecular complexity index is 608. The average molecular weight is 263 g/mol. The molecular formula is C13H14FN3O2. The minimum Gasteiger partial charge on any atom is -0.488 e. The summed E-state index contributed by atoms with van der Waals surface area (Å²) in [6.07, 6.45) is 3.52. The standard InChI is InChI=1S/C13H14FN3O2/c1-9(16-18)12-5-11(14)3-4-13(12)19-8-10-6-15-17(2)7-10/h3-7,18H,8H2,1-2H3. The summed E-state index contributed by atoms with van der Waals surface area (Å²) in [5.41, 5.74) is 1.61. The van der Waals surface area contributed by atoms with Gasteiger partial charge in [0.1, 0.15) is 18.2 Å². The predicted octanol–water partition coefficient (Wildman–Crippen LogP) is 2.34. The third kappa shape index (κ3) is 3.09. The molecule has 2 aromatic rings. The van der Waals surface area contributed by atoms with E-state index in [9.17, 15) is 4.39 Å². The van der Waals surface area contributed by atoms with E-state index in [1.165, 1.54) is 18.2 Å². The minimum absolute atomic E-state index is 0.292. The van der Waals surface area contributed by atoms with E-state index in [1.807, 2.05) is 13.2 Å². The smallest absolute Gasteiger partial charge is 0.129 e. The lowest BCUT2D eigenvalue weighted by molar-refractivity contribution is 0.302. The van der Waals surface area contributed by atoms with Crippen LogP contribution in [0.25, 0.3) is 0 Å². The summed E-state index contributed by atoms with van der Waals surface area (Å²) >= 11 is 0. The Morgan fingerprint density at radius 1 is 1.53 bits per heavy atom. The molecule has 1 heterocycles. The molecule has 1 aromatic heterocycles. The highest BCUT2D eigenvalue weighted by Gasteiger charge is 2.09. The van der Waals surface area contributed by atoms with E-state index in [-0.39, 0.29) is 0 Å². The molecule has 0 unspecified atom stereocenters. The van der Waals surface area contributed by atoms with Gasteiger partial charge in [0.05, 0.1) is 11.9 Å². The fourth-order valence-electron chi connectivity index (χ4n) is 1.67. The number of hydrogen-bond acceptors (Lipinski definition) is 4. The molecule has 0 aliphatic carbocycles. The second-order valence-electron chi connectivity index (χ2n) is 4.14. The summed E-state index contributed by atoms with van der Waals surface area (Å²) in [4.78, 5) is 0. The molecule has 5 nitrogen and oxygen atoms in total. The van der Waals surface area contributed by atoms with Crippen molar-refractivity contribution in [1.82, 2.24) is 9.78 Å². The molecular weight excluding hydrogens is 249 g/mol. The Kier molecular flexibility index (Phi) is 3.79. The highest BCUT2D eigenvalue weighted by atomic mass is 19.1. The van der Waals surface area contributed by atoms with E-state index >= 15 is 0 Å². The van der Waals surface area contributed by atoms with Gasteiger partial charge in [0.25, 0.3) is 0 Å². The van der Waals surface area contributed by atoms with Gasteiger partial charge in [-0.05, 0) is 25.1 Å². The zero-order valence-corrected chi connectivity index (χ0v) is 10.7. The van der Waals surface area contributed by atoms with Crippen LogP contribution in [0.3, 0.4) is 0 Å². The van der Waals surface area contributed by atoms with E-state index < -0.39 is 5.82 Å². The van der Waals surface area contributed by atoms with Crippen molar-refractivity contribution in [3.63, 3.8) is 0 Å². The first-order chi connectivity index (χ1) is 9.10. The van der Waals surface area contributed by atoms with Crippen molar-refractivity contribution >= 4 is 5.71 Å². The van der Waals surface area contributed by atoms with Gasteiger partial charge >= 0.3 is 0 Å². The van der Waals surface area contributed by atoms with Crippen LogP contribution in [0, 0.1) is 5.82 Å². The summed E-state index contributed by atoms with van der Waals surface area (Å²) in [5, 5.41) is 15.9. The van der Waals surface area contributed by atoms with Crippen LogP contribution in [0.15, 0.2) is 35.7 Å². The SMILES string of the molecule is CC(=NO)c1cc(F)ccc1OCc1cnn(C)c1. The first-order valence-electron chi connectivity index (χ1n) is 5.69. The molecule has 0 fully saturated rings. The molecule has 0 atom stereocenters. The maximum absolute atomic E-state index is 13.2. The van der Waals surface area contributed by atoms with Crippen LogP contribution in [-0.4, -0.2) is 20.7 Å². The Balaban J connectivity index is 2.20. The van der Waals surface area contributed by atoms with Gasteiger partial charge in [-0.15, -0.1) is 0 Å². The van der Waals surface area contributed by atoms with E-state index in [2.05, 4.69) is 10.3 Å². The van der Waals surface area contributed by atoms with Gasteiger partial charge in [0.2, 0.25) is 0 Å². The fraction of sp³-hybridized carbons (Fsp3) is 0.231. The van der Waals surface area contributed by atoms with Gasteiger partial charge in [-0.2, -0.15) is 5.10 Å². The first kappa shape index (κ1) is 13.1.